The number of benzene rings is 1. The van der Waals surface area contributed by atoms with Crippen LogP contribution in [-0.4, -0.2) is 31.4 Å². The first-order valence-corrected chi connectivity index (χ1v) is 8.13. The fraction of sp³-hybridized carbons (Fsp3) is 0.222. The molecule has 0 aliphatic carbocycles. The topological polar surface area (TPSA) is 74.8 Å². The second-order valence-electron chi connectivity index (χ2n) is 6.21. The first-order chi connectivity index (χ1) is 12.6. The molecule has 0 fully saturated rings. The number of rotatable bonds is 3. The van der Waals surface area contributed by atoms with E-state index >= 15 is 0 Å². The molecule has 0 unspecified atom stereocenters. The third-order valence-electron chi connectivity index (χ3n) is 4.32. The van der Waals surface area contributed by atoms with Crippen LogP contribution in [0.3, 0.4) is 0 Å². The maximum Gasteiger partial charge on any atom is 0.254 e. The smallest absolute Gasteiger partial charge is 0.254 e. The van der Waals surface area contributed by atoms with Gasteiger partial charge < -0.3 is 4.98 Å². The van der Waals surface area contributed by atoms with Crippen molar-refractivity contribution < 1.29 is 8.78 Å². The average molecular weight is 355 g/mol. The highest BCUT2D eigenvalue weighted by Crippen LogP contribution is 2.20. The van der Waals surface area contributed by atoms with E-state index in [0.717, 1.165) is 6.07 Å². The SMILES string of the molecule is O=c1[nH]c(-c2cncnc2)nc2c1CCN(Cc1cc(F)cc(F)c1)C2. The van der Waals surface area contributed by atoms with Crippen LogP contribution in [0.4, 0.5) is 8.78 Å². The molecule has 6 nitrogen and oxygen atoms in total. The van der Waals surface area contributed by atoms with Crippen molar-refractivity contribution >= 4 is 0 Å². The van der Waals surface area contributed by atoms with Crippen LogP contribution in [0, 0.1) is 11.6 Å². The standard InChI is InChI=1S/C18H15F2N5O/c19-13-3-11(4-14(20)5-13)8-25-2-1-15-16(9-25)23-17(24-18(15)26)12-6-21-10-22-7-12/h3-7,10H,1-2,8-9H2,(H,23,24,26). The Bertz CT molecular complexity index is 986. The molecular weight excluding hydrogens is 340 g/mol. The van der Waals surface area contributed by atoms with E-state index in [1.54, 1.807) is 12.4 Å². The molecule has 1 aromatic carbocycles. The Hall–Kier alpha value is -3.00. The minimum Gasteiger partial charge on any atom is -0.306 e. The quantitative estimate of drug-likeness (QED) is 0.778. The molecule has 1 aliphatic rings. The van der Waals surface area contributed by atoms with Gasteiger partial charge in [-0.2, -0.15) is 0 Å². The van der Waals surface area contributed by atoms with Crippen LogP contribution in [0.25, 0.3) is 11.4 Å². The summed E-state index contributed by atoms with van der Waals surface area (Å²) >= 11 is 0. The van der Waals surface area contributed by atoms with Gasteiger partial charge in [0.05, 0.1) is 11.3 Å². The Labute approximate surface area is 147 Å². The van der Waals surface area contributed by atoms with E-state index in [4.69, 9.17) is 0 Å². The first-order valence-electron chi connectivity index (χ1n) is 8.13. The van der Waals surface area contributed by atoms with E-state index in [2.05, 4.69) is 19.9 Å². The summed E-state index contributed by atoms with van der Waals surface area (Å²) in [7, 11) is 0. The molecule has 4 rings (SSSR count). The fourth-order valence-corrected chi connectivity index (χ4v) is 3.15. The molecule has 0 radical (unpaired) electrons. The molecule has 3 heterocycles. The van der Waals surface area contributed by atoms with Gasteiger partial charge in [0.2, 0.25) is 0 Å². The lowest BCUT2D eigenvalue weighted by atomic mass is 10.1. The molecule has 132 valence electrons. The predicted octanol–water partition coefficient (Wildman–Crippen LogP) is 2.06. The van der Waals surface area contributed by atoms with Crippen LogP contribution in [0.2, 0.25) is 0 Å². The number of hydrogen-bond donors (Lipinski definition) is 1. The number of fused-ring (bicyclic) bond motifs is 1. The van der Waals surface area contributed by atoms with Gasteiger partial charge in [-0.05, 0) is 24.1 Å². The molecule has 0 saturated heterocycles. The van der Waals surface area contributed by atoms with Gasteiger partial charge in [0, 0.05) is 43.7 Å². The van der Waals surface area contributed by atoms with Gasteiger partial charge >= 0.3 is 0 Å². The second kappa shape index (κ2) is 6.72. The number of nitrogens with one attached hydrogen (secondary N) is 1. The third kappa shape index (κ3) is 3.36. The molecule has 0 atom stereocenters. The lowest BCUT2D eigenvalue weighted by Crippen LogP contribution is -2.35. The Morgan fingerprint density at radius 3 is 2.58 bits per heavy atom. The molecule has 1 N–H and O–H groups in total. The molecule has 1 aliphatic heterocycles. The highest BCUT2D eigenvalue weighted by molar-refractivity contribution is 5.52. The van der Waals surface area contributed by atoms with E-state index in [1.165, 1.54) is 18.5 Å². The molecule has 3 aromatic rings. The van der Waals surface area contributed by atoms with Gasteiger partial charge in [-0.25, -0.2) is 23.7 Å². The van der Waals surface area contributed by atoms with Gasteiger partial charge in [0.25, 0.3) is 5.56 Å². The van der Waals surface area contributed by atoms with Crippen LogP contribution in [0.1, 0.15) is 16.8 Å². The summed E-state index contributed by atoms with van der Waals surface area (Å²) < 4.78 is 26.8. The van der Waals surface area contributed by atoms with Crippen molar-refractivity contribution in [3.8, 4) is 11.4 Å². The number of hydrogen-bond acceptors (Lipinski definition) is 5. The first kappa shape index (κ1) is 16.5. The van der Waals surface area contributed by atoms with Crippen molar-refractivity contribution in [2.75, 3.05) is 6.54 Å². The molecule has 0 saturated carbocycles. The van der Waals surface area contributed by atoms with Gasteiger partial charge in [0.1, 0.15) is 23.8 Å². The molecule has 0 spiro atoms. The fourth-order valence-electron chi connectivity index (χ4n) is 3.15. The average Bonchev–Trinajstić information content (AvgIpc) is 2.61. The van der Waals surface area contributed by atoms with Crippen LogP contribution < -0.4 is 5.56 Å². The van der Waals surface area contributed by atoms with Crippen LogP contribution in [0.5, 0.6) is 0 Å². The Kier molecular flexibility index (Phi) is 4.26. The largest absolute Gasteiger partial charge is 0.306 e. The Morgan fingerprint density at radius 1 is 1.12 bits per heavy atom. The maximum absolute atomic E-state index is 13.4. The molecule has 0 amide bonds. The number of halogens is 2. The normalized spacial score (nSPS) is 14.2. The summed E-state index contributed by atoms with van der Waals surface area (Å²) in [6.07, 6.45) is 5.09. The summed E-state index contributed by atoms with van der Waals surface area (Å²) in [6, 6.07) is 3.48. The molecule has 0 bridgehead atoms. The van der Waals surface area contributed by atoms with Crippen molar-refractivity contribution in [1.82, 2.24) is 24.8 Å². The van der Waals surface area contributed by atoms with E-state index in [9.17, 15) is 13.6 Å². The molecular formula is C18H15F2N5O. The molecule has 26 heavy (non-hydrogen) atoms. The zero-order valence-corrected chi connectivity index (χ0v) is 13.7. The second-order valence-corrected chi connectivity index (χ2v) is 6.21. The highest BCUT2D eigenvalue weighted by Gasteiger charge is 2.22. The van der Waals surface area contributed by atoms with Crippen molar-refractivity contribution in [3.63, 3.8) is 0 Å². The lowest BCUT2D eigenvalue weighted by molar-refractivity contribution is 0.240. The van der Waals surface area contributed by atoms with Crippen molar-refractivity contribution in [2.45, 2.75) is 19.5 Å². The van der Waals surface area contributed by atoms with Gasteiger partial charge in [-0.3, -0.25) is 9.69 Å². The van der Waals surface area contributed by atoms with E-state index in [0.29, 0.717) is 54.3 Å². The number of aromatic amines is 1. The van der Waals surface area contributed by atoms with E-state index in [1.807, 2.05) is 4.90 Å². The summed E-state index contributed by atoms with van der Waals surface area (Å²) in [4.78, 5) is 29.6. The van der Waals surface area contributed by atoms with Crippen molar-refractivity contribution in [3.05, 3.63) is 75.7 Å². The molecule has 2 aromatic heterocycles. The summed E-state index contributed by atoms with van der Waals surface area (Å²) in [5.41, 5.74) is 2.30. The van der Waals surface area contributed by atoms with Gasteiger partial charge in [-0.1, -0.05) is 0 Å². The summed E-state index contributed by atoms with van der Waals surface area (Å²) in [5, 5.41) is 0. The van der Waals surface area contributed by atoms with E-state index < -0.39 is 11.6 Å². The maximum atomic E-state index is 13.4. The van der Waals surface area contributed by atoms with Gasteiger partial charge in [0.15, 0.2) is 0 Å². The number of nitrogens with zero attached hydrogens (tertiary/aromatic N) is 4. The summed E-state index contributed by atoms with van der Waals surface area (Å²) in [6.45, 7) is 1.42. The number of H-pyrrole nitrogens is 1. The van der Waals surface area contributed by atoms with Crippen LogP contribution in [-0.2, 0) is 19.5 Å². The molecule has 8 heteroatoms. The monoisotopic (exact) mass is 355 g/mol. The minimum absolute atomic E-state index is 0.176. The Morgan fingerprint density at radius 2 is 1.85 bits per heavy atom. The number of aromatic nitrogens is 4. The predicted molar refractivity (Wildman–Crippen MR) is 90.1 cm³/mol. The highest BCUT2D eigenvalue weighted by atomic mass is 19.1. The van der Waals surface area contributed by atoms with Crippen LogP contribution >= 0.6 is 0 Å². The zero-order chi connectivity index (χ0) is 18.1. The Balaban J connectivity index is 1.61. The lowest BCUT2D eigenvalue weighted by Gasteiger charge is -2.27. The zero-order valence-electron chi connectivity index (χ0n) is 13.7. The summed E-state index contributed by atoms with van der Waals surface area (Å²) in [5.74, 6) is -0.787. The van der Waals surface area contributed by atoms with E-state index in [-0.39, 0.29) is 5.56 Å². The third-order valence-corrected chi connectivity index (χ3v) is 4.32. The van der Waals surface area contributed by atoms with Gasteiger partial charge in [-0.15, -0.1) is 0 Å². The van der Waals surface area contributed by atoms with Crippen molar-refractivity contribution in [2.24, 2.45) is 0 Å². The minimum atomic E-state index is -0.599. The van der Waals surface area contributed by atoms with Crippen LogP contribution in [0.15, 0.2) is 41.7 Å². The van der Waals surface area contributed by atoms with Crippen molar-refractivity contribution in [1.29, 1.82) is 0 Å².